The summed E-state index contributed by atoms with van der Waals surface area (Å²) in [6.45, 7) is 0. The van der Waals surface area contributed by atoms with Crippen molar-refractivity contribution in [2.75, 3.05) is 0 Å². The van der Waals surface area contributed by atoms with E-state index in [2.05, 4.69) is 6.08 Å². The maximum atomic E-state index is 12.8. The minimum Gasteiger partial charge on any atom is -0.294 e. The molecular weight excluding hydrogens is 227 g/mol. The molecule has 0 atom stereocenters. The third-order valence-corrected chi connectivity index (χ3v) is 3.43. The van der Waals surface area contributed by atoms with Gasteiger partial charge in [-0.05, 0) is 49.0 Å². The van der Waals surface area contributed by atoms with Crippen LogP contribution in [0, 0.1) is 5.82 Å². The van der Waals surface area contributed by atoms with Crippen LogP contribution in [0.15, 0.2) is 35.9 Å². The molecule has 0 heterocycles. The fourth-order valence-electron chi connectivity index (χ4n) is 2.35. The lowest BCUT2D eigenvalue weighted by molar-refractivity contribution is -0.115. The number of carbonyl (C=O) groups excluding carboxylic acids is 1. The molecule has 0 spiro atoms. The average molecular weight is 246 g/mol. The molecule has 0 aliphatic heterocycles. The number of hydrogen-bond acceptors (Lipinski definition) is 1. The van der Waals surface area contributed by atoms with Crippen LogP contribution < -0.4 is 0 Å². The number of benzene rings is 1. The molecule has 18 heavy (non-hydrogen) atoms. The average Bonchev–Trinajstić information content (AvgIpc) is 2.31. The number of halogens is 1. The van der Waals surface area contributed by atoms with Crippen LogP contribution in [0.2, 0.25) is 0 Å². The molecule has 2 heteroatoms. The molecule has 0 radical (unpaired) electrons. The number of rotatable bonds is 3. The Balaban J connectivity index is 1.99. The van der Waals surface area contributed by atoms with Crippen molar-refractivity contribution >= 4 is 5.78 Å². The summed E-state index contributed by atoms with van der Waals surface area (Å²) in [5, 5.41) is 0. The van der Waals surface area contributed by atoms with Crippen molar-refractivity contribution in [3.8, 4) is 0 Å². The van der Waals surface area contributed by atoms with Gasteiger partial charge in [0.25, 0.3) is 0 Å². The highest BCUT2D eigenvalue weighted by Gasteiger charge is 2.11. The second kappa shape index (κ2) is 6.48. The molecule has 0 saturated carbocycles. The van der Waals surface area contributed by atoms with Gasteiger partial charge in [0.15, 0.2) is 5.78 Å². The Morgan fingerprint density at radius 1 is 1.06 bits per heavy atom. The highest BCUT2D eigenvalue weighted by atomic mass is 19.1. The Labute approximate surface area is 108 Å². The van der Waals surface area contributed by atoms with Gasteiger partial charge in [0.2, 0.25) is 0 Å². The smallest absolute Gasteiger partial charge is 0.162 e. The molecule has 0 unspecified atom stereocenters. The molecule has 96 valence electrons. The molecule has 2 rings (SSSR count). The van der Waals surface area contributed by atoms with Crippen molar-refractivity contribution < 1.29 is 9.18 Å². The molecule has 1 aliphatic carbocycles. The summed E-state index contributed by atoms with van der Waals surface area (Å²) in [6, 6.07) is 6.21. The van der Waals surface area contributed by atoms with E-state index in [4.69, 9.17) is 0 Å². The number of ketones is 1. The highest BCUT2D eigenvalue weighted by molar-refractivity contribution is 5.96. The molecule has 1 aliphatic rings. The van der Waals surface area contributed by atoms with E-state index in [9.17, 15) is 9.18 Å². The van der Waals surface area contributed by atoms with Crippen LogP contribution >= 0.6 is 0 Å². The predicted octanol–water partition coefficient (Wildman–Crippen LogP) is 4.22. The Hall–Kier alpha value is -1.44. The van der Waals surface area contributed by atoms with Crippen molar-refractivity contribution in [2.45, 2.75) is 44.9 Å². The zero-order valence-corrected chi connectivity index (χ0v) is 10.6. The summed E-state index contributed by atoms with van der Waals surface area (Å²) in [5.41, 5.74) is 1.86. The van der Waals surface area contributed by atoms with E-state index in [0.717, 1.165) is 30.4 Å². The zero-order valence-electron chi connectivity index (χ0n) is 10.6. The van der Waals surface area contributed by atoms with Gasteiger partial charge in [-0.3, -0.25) is 4.79 Å². The van der Waals surface area contributed by atoms with Crippen LogP contribution in [0.1, 0.15) is 44.1 Å². The van der Waals surface area contributed by atoms with E-state index >= 15 is 0 Å². The third-order valence-electron chi connectivity index (χ3n) is 3.43. The van der Waals surface area contributed by atoms with Gasteiger partial charge in [0, 0.05) is 6.42 Å². The second-order valence-corrected chi connectivity index (χ2v) is 4.91. The highest BCUT2D eigenvalue weighted by Crippen LogP contribution is 2.19. The van der Waals surface area contributed by atoms with Gasteiger partial charge in [-0.2, -0.15) is 0 Å². The first-order chi connectivity index (χ1) is 8.75. The van der Waals surface area contributed by atoms with Gasteiger partial charge in [0.05, 0.1) is 0 Å². The lowest BCUT2D eigenvalue weighted by atomic mass is 9.94. The molecule has 0 amide bonds. The van der Waals surface area contributed by atoms with Crippen molar-refractivity contribution in [3.63, 3.8) is 0 Å². The fraction of sp³-hybridized carbons (Fsp3) is 0.438. The van der Waals surface area contributed by atoms with Gasteiger partial charge in [-0.25, -0.2) is 4.39 Å². The summed E-state index contributed by atoms with van der Waals surface area (Å²) in [5.74, 6) is -0.0557. The standard InChI is InChI=1S/C16H19FO/c17-15-10-8-13(9-11-15)12-16(18)14-6-4-2-1-3-5-7-14/h6,8-11H,1-5,7,12H2/b14-6+. The molecule has 0 N–H and O–H groups in total. The number of carbonyl (C=O) groups is 1. The maximum absolute atomic E-state index is 12.8. The van der Waals surface area contributed by atoms with E-state index in [0.29, 0.717) is 6.42 Å². The van der Waals surface area contributed by atoms with E-state index < -0.39 is 0 Å². The van der Waals surface area contributed by atoms with Crippen LogP contribution in [0.4, 0.5) is 4.39 Å². The van der Waals surface area contributed by atoms with E-state index in [1.54, 1.807) is 12.1 Å². The SMILES string of the molecule is O=C(Cc1ccc(F)cc1)/C1=C/CCCCCC1. The van der Waals surface area contributed by atoms with Crippen molar-refractivity contribution in [1.29, 1.82) is 0 Å². The minimum atomic E-state index is -0.253. The first-order valence-electron chi connectivity index (χ1n) is 6.72. The lowest BCUT2D eigenvalue weighted by Crippen LogP contribution is -2.08. The molecule has 0 bridgehead atoms. The van der Waals surface area contributed by atoms with Crippen LogP contribution in [-0.2, 0) is 11.2 Å². The Kier molecular flexibility index (Phi) is 4.68. The molecule has 0 aromatic heterocycles. The van der Waals surface area contributed by atoms with E-state index in [1.807, 2.05) is 0 Å². The first-order valence-corrected chi connectivity index (χ1v) is 6.72. The predicted molar refractivity (Wildman–Crippen MR) is 70.9 cm³/mol. The zero-order chi connectivity index (χ0) is 12.8. The Morgan fingerprint density at radius 2 is 1.78 bits per heavy atom. The number of allylic oxidation sites excluding steroid dienone is 2. The molecule has 0 fully saturated rings. The normalized spacial score (nSPS) is 19.5. The van der Waals surface area contributed by atoms with Crippen molar-refractivity contribution in [2.24, 2.45) is 0 Å². The molecule has 1 aromatic carbocycles. The van der Waals surface area contributed by atoms with Gasteiger partial charge < -0.3 is 0 Å². The molecule has 1 nitrogen and oxygen atoms in total. The van der Waals surface area contributed by atoms with Crippen molar-refractivity contribution in [3.05, 3.63) is 47.3 Å². The van der Waals surface area contributed by atoms with Crippen molar-refractivity contribution in [1.82, 2.24) is 0 Å². The summed E-state index contributed by atoms with van der Waals surface area (Å²) < 4.78 is 12.8. The largest absolute Gasteiger partial charge is 0.294 e. The fourth-order valence-corrected chi connectivity index (χ4v) is 2.35. The molecule has 1 aromatic rings. The number of hydrogen-bond donors (Lipinski definition) is 0. The number of Topliss-reactive ketones (excluding diaryl/α,β-unsaturated/α-hetero) is 1. The molecule has 0 saturated heterocycles. The van der Waals surface area contributed by atoms with E-state index in [1.165, 1.54) is 31.4 Å². The van der Waals surface area contributed by atoms with Crippen LogP contribution in [0.25, 0.3) is 0 Å². The summed E-state index contributed by atoms with van der Waals surface area (Å²) >= 11 is 0. The lowest BCUT2D eigenvalue weighted by Gasteiger charge is -2.10. The van der Waals surface area contributed by atoms with Gasteiger partial charge >= 0.3 is 0 Å². The van der Waals surface area contributed by atoms with Gasteiger partial charge in [0.1, 0.15) is 5.82 Å². The van der Waals surface area contributed by atoms with E-state index in [-0.39, 0.29) is 11.6 Å². The van der Waals surface area contributed by atoms with Crippen LogP contribution in [-0.4, -0.2) is 5.78 Å². The topological polar surface area (TPSA) is 17.1 Å². The van der Waals surface area contributed by atoms with Crippen LogP contribution in [0.3, 0.4) is 0 Å². The summed E-state index contributed by atoms with van der Waals surface area (Å²) in [7, 11) is 0. The quantitative estimate of drug-likeness (QED) is 0.780. The monoisotopic (exact) mass is 246 g/mol. The summed E-state index contributed by atoms with van der Waals surface area (Å²) in [6.07, 6.45) is 9.22. The van der Waals surface area contributed by atoms with Crippen LogP contribution in [0.5, 0.6) is 0 Å². The Bertz CT molecular complexity index is 431. The first kappa shape index (κ1) is 13.0. The summed E-state index contributed by atoms with van der Waals surface area (Å²) in [4.78, 5) is 12.2. The third kappa shape index (κ3) is 3.80. The minimum absolute atomic E-state index is 0.198. The second-order valence-electron chi connectivity index (χ2n) is 4.91. The van der Waals surface area contributed by atoms with Gasteiger partial charge in [-0.1, -0.05) is 31.1 Å². The molecular formula is C16H19FO. The van der Waals surface area contributed by atoms with Gasteiger partial charge in [-0.15, -0.1) is 0 Å². The Morgan fingerprint density at radius 3 is 2.56 bits per heavy atom. The maximum Gasteiger partial charge on any atom is 0.162 e.